The number of hydrogen-bond acceptors (Lipinski definition) is 6. The summed E-state index contributed by atoms with van der Waals surface area (Å²) in [6.45, 7) is 1.23. The highest BCUT2D eigenvalue weighted by Gasteiger charge is 2.43. The Bertz CT molecular complexity index is 371. The van der Waals surface area contributed by atoms with Crippen LogP contribution in [0.2, 0.25) is 6.32 Å². The first-order valence-electron chi connectivity index (χ1n) is 7.74. The zero-order chi connectivity index (χ0) is 15.6. The second kappa shape index (κ2) is 7.06. The van der Waals surface area contributed by atoms with Gasteiger partial charge in [-0.2, -0.15) is 0 Å². The predicted molar refractivity (Wildman–Crippen MR) is 79.4 cm³/mol. The molecule has 0 aromatic carbocycles. The van der Waals surface area contributed by atoms with Crippen LogP contribution in [0.5, 0.6) is 0 Å². The fourth-order valence-corrected chi connectivity index (χ4v) is 3.77. The summed E-state index contributed by atoms with van der Waals surface area (Å²) in [7, 11) is -1.31. The zero-order valence-electron chi connectivity index (χ0n) is 12.3. The van der Waals surface area contributed by atoms with Crippen LogP contribution < -0.4 is 11.5 Å². The molecule has 0 aromatic heterocycles. The van der Waals surface area contributed by atoms with Gasteiger partial charge in [-0.1, -0.05) is 6.42 Å². The Morgan fingerprint density at radius 3 is 2.48 bits per heavy atom. The van der Waals surface area contributed by atoms with E-state index in [0.29, 0.717) is 25.9 Å². The van der Waals surface area contributed by atoms with Crippen LogP contribution in [-0.2, 0) is 4.79 Å². The first-order valence-corrected chi connectivity index (χ1v) is 7.74. The third-order valence-electron chi connectivity index (χ3n) is 5.03. The smallest absolute Gasteiger partial charge is 0.451 e. The highest BCUT2D eigenvalue weighted by Crippen LogP contribution is 2.33. The molecule has 5 atom stereocenters. The maximum absolute atomic E-state index is 11.4. The molecule has 0 bridgehead atoms. The van der Waals surface area contributed by atoms with Gasteiger partial charge >= 0.3 is 13.1 Å². The van der Waals surface area contributed by atoms with Crippen LogP contribution in [0.25, 0.3) is 0 Å². The Labute approximate surface area is 125 Å². The zero-order valence-corrected chi connectivity index (χ0v) is 12.3. The number of carboxylic acids is 1. The standard InChI is InChI=1S/C13H26BN3O4/c15-10-3-4-11(12(10)16)17-6-8(2-1-5-14(20)21)9(7-17)13(18)19/h8-12,20-21H,1-7,15-16H2,(H,18,19)/t8?,9?,10-,11?,12?/m1/s1. The number of carbonyl (C=O) groups is 1. The summed E-state index contributed by atoms with van der Waals surface area (Å²) in [5.41, 5.74) is 12.1. The van der Waals surface area contributed by atoms with Crippen molar-refractivity contribution in [3.63, 3.8) is 0 Å². The minimum Gasteiger partial charge on any atom is -0.481 e. The van der Waals surface area contributed by atoms with Crippen molar-refractivity contribution < 1.29 is 19.9 Å². The molecular formula is C13H26BN3O4. The molecule has 0 radical (unpaired) electrons. The fraction of sp³-hybridized carbons (Fsp3) is 0.923. The Morgan fingerprint density at radius 2 is 1.95 bits per heavy atom. The van der Waals surface area contributed by atoms with E-state index in [2.05, 4.69) is 4.90 Å². The molecule has 0 spiro atoms. The number of hydrogen-bond donors (Lipinski definition) is 5. The van der Waals surface area contributed by atoms with Crippen molar-refractivity contribution in [2.45, 2.75) is 50.1 Å². The van der Waals surface area contributed by atoms with Crippen molar-refractivity contribution in [3.8, 4) is 0 Å². The third kappa shape index (κ3) is 3.95. The number of aliphatic carboxylic acids is 1. The minimum absolute atomic E-state index is 0.00173. The second-order valence-electron chi connectivity index (χ2n) is 6.46. The quantitative estimate of drug-likeness (QED) is 0.384. The van der Waals surface area contributed by atoms with E-state index in [1.54, 1.807) is 0 Å². The van der Waals surface area contributed by atoms with E-state index >= 15 is 0 Å². The summed E-state index contributed by atoms with van der Waals surface area (Å²) in [4.78, 5) is 13.6. The van der Waals surface area contributed by atoms with Gasteiger partial charge in [-0.25, -0.2) is 0 Å². The van der Waals surface area contributed by atoms with Crippen molar-refractivity contribution in [1.82, 2.24) is 4.90 Å². The lowest BCUT2D eigenvalue weighted by Gasteiger charge is -2.28. The molecule has 2 fully saturated rings. The van der Waals surface area contributed by atoms with Crippen molar-refractivity contribution in [3.05, 3.63) is 0 Å². The Hall–Kier alpha value is -0.665. The maximum Gasteiger partial charge on any atom is 0.451 e. The Balaban J connectivity index is 1.93. The molecule has 2 aliphatic rings. The molecule has 21 heavy (non-hydrogen) atoms. The van der Waals surface area contributed by atoms with Crippen LogP contribution in [0.3, 0.4) is 0 Å². The van der Waals surface area contributed by atoms with E-state index in [4.69, 9.17) is 21.5 Å². The second-order valence-corrected chi connectivity index (χ2v) is 6.46. The average Bonchev–Trinajstić information content (AvgIpc) is 2.95. The average molecular weight is 299 g/mol. The van der Waals surface area contributed by atoms with Crippen LogP contribution in [0.15, 0.2) is 0 Å². The van der Waals surface area contributed by atoms with E-state index in [0.717, 1.165) is 12.8 Å². The predicted octanol–water partition coefficient (Wildman–Crippen LogP) is -1.31. The van der Waals surface area contributed by atoms with Gasteiger partial charge in [0.15, 0.2) is 0 Å². The van der Waals surface area contributed by atoms with Gasteiger partial charge in [0.25, 0.3) is 0 Å². The van der Waals surface area contributed by atoms with Crippen molar-refractivity contribution >= 4 is 13.1 Å². The van der Waals surface area contributed by atoms with Gasteiger partial charge < -0.3 is 26.6 Å². The minimum atomic E-state index is -1.31. The molecule has 4 unspecified atom stereocenters. The topological polar surface area (TPSA) is 133 Å². The van der Waals surface area contributed by atoms with E-state index in [1.807, 2.05) is 0 Å². The molecule has 8 heteroatoms. The third-order valence-corrected chi connectivity index (χ3v) is 5.03. The van der Waals surface area contributed by atoms with Gasteiger partial charge in [0.05, 0.1) is 5.92 Å². The first kappa shape index (κ1) is 16.7. The van der Waals surface area contributed by atoms with Gasteiger partial charge in [-0.05, 0) is 31.5 Å². The maximum atomic E-state index is 11.4. The number of nitrogens with two attached hydrogens (primary N) is 2. The highest BCUT2D eigenvalue weighted by atomic mass is 16.4. The number of nitrogens with zero attached hydrogens (tertiary/aromatic N) is 1. The lowest BCUT2D eigenvalue weighted by Crippen LogP contribution is -2.50. The van der Waals surface area contributed by atoms with Crippen LogP contribution in [0.1, 0.15) is 25.7 Å². The van der Waals surface area contributed by atoms with Crippen LogP contribution in [0.4, 0.5) is 0 Å². The van der Waals surface area contributed by atoms with E-state index in [9.17, 15) is 9.90 Å². The van der Waals surface area contributed by atoms with Gasteiger partial charge in [-0.15, -0.1) is 0 Å². The van der Waals surface area contributed by atoms with Gasteiger partial charge in [-0.3, -0.25) is 9.69 Å². The summed E-state index contributed by atoms with van der Waals surface area (Å²) in [6, 6.07) is 0.0922. The van der Waals surface area contributed by atoms with Gasteiger partial charge in [0, 0.05) is 31.2 Å². The van der Waals surface area contributed by atoms with Crippen LogP contribution in [-0.4, -0.2) is 64.4 Å². The fourth-order valence-electron chi connectivity index (χ4n) is 3.77. The van der Waals surface area contributed by atoms with Crippen LogP contribution in [0, 0.1) is 11.8 Å². The lowest BCUT2D eigenvalue weighted by atomic mass is 9.80. The van der Waals surface area contributed by atoms with E-state index < -0.39 is 19.0 Å². The summed E-state index contributed by atoms with van der Waals surface area (Å²) >= 11 is 0. The molecule has 1 saturated heterocycles. The largest absolute Gasteiger partial charge is 0.481 e. The lowest BCUT2D eigenvalue weighted by molar-refractivity contribution is -0.142. The Kier molecular flexibility index (Phi) is 5.62. The van der Waals surface area contributed by atoms with Crippen molar-refractivity contribution in [2.24, 2.45) is 23.3 Å². The van der Waals surface area contributed by atoms with Crippen molar-refractivity contribution in [1.29, 1.82) is 0 Å². The number of rotatable bonds is 6. The molecule has 1 saturated carbocycles. The monoisotopic (exact) mass is 299 g/mol. The summed E-state index contributed by atoms with van der Waals surface area (Å²) < 4.78 is 0. The molecule has 7 N–H and O–H groups in total. The molecule has 0 amide bonds. The van der Waals surface area contributed by atoms with Crippen LogP contribution >= 0.6 is 0 Å². The number of likely N-dealkylation sites (tertiary alicyclic amines) is 1. The highest BCUT2D eigenvalue weighted by molar-refractivity contribution is 6.40. The molecule has 120 valence electrons. The normalized spacial score (nSPS) is 37.0. The number of carboxylic acid groups (broad SMARTS) is 1. The molecule has 1 aliphatic carbocycles. The summed E-state index contributed by atoms with van der Waals surface area (Å²) in [6.07, 6.45) is 3.42. The molecule has 2 rings (SSSR count). The first-order chi connectivity index (χ1) is 9.90. The van der Waals surface area contributed by atoms with E-state index in [1.165, 1.54) is 0 Å². The summed E-state index contributed by atoms with van der Waals surface area (Å²) in [5.74, 6) is -1.13. The molecule has 1 heterocycles. The molecule has 0 aromatic rings. The summed E-state index contributed by atoms with van der Waals surface area (Å²) in [5, 5.41) is 27.2. The molecule has 1 aliphatic heterocycles. The SMILES string of the molecule is NC1C(N2CC(CCCB(O)O)C(C(=O)O)C2)CC[C@H]1N. The van der Waals surface area contributed by atoms with Gasteiger partial charge in [0.1, 0.15) is 0 Å². The van der Waals surface area contributed by atoms with Gasteiger partial charge in [0.2, 0.25) is 0 Å². The van der Waals surface area contributed by atoms with E-state index in [-0.39, 0.29) is 30.4 Å². The van der Waals surface area contributed by atoms with Crippen molar-refractivity contribution in [2.75, 3.05) is 13.1 Å². The Morgan fingerprint density at radius 1 is 1.24 bits per heavy atom. The molecule has 7 nitrogen and oxygen atoms in total. The molecular weight excluding hydrogens is 273 g/mol.